The van der Waals surface area contributed by atoms with Gasteiger partial charge in [-0.25, -0.2) is 9.97 Å². The molecule has 1 heterocycles. The van der Waals surface area contributed by atoms with Crippen LogP contribution in [0.2, 0.25) is 0 Å². The van der Waals surface area contributed by atoms with E-state index < -0.39 is 0 Å². The van der Waals surface area contributed by atoms with Crippen molar-refractivity contribution in [3.8, 4) is 0 Å². The standard InChI is InChI=1S/C18H23N3/c1-13(2)11-19-12-17-7-8-20-18(21-17)16-9-14-5-3-4-6-15(14)10-16/h3-8,13,16,19H,9-12H2,1-2H3. The Morgan fingerprint density at radius 1 is 1.14 bits per heavy atom. The Labute approximate surface area is 126 Å². The summed E-state index contributed by atoms with van der Waals surface area (Å²) in [4.78, 5) is 9.27. The molecule has 0 saturated heterocycles. The second-order valence-corrected chi connectivity index (χ2v) is 6.30. The molecule has 0 unspecified atom stereocenters. The van der Waals surface area contributed by atoms with Crippen LogP contribution in [0.3, 0.4) is 0 Å². The zero-order chi connectivity index (χ0) is 14.7. The molecule has 0 aliphatic heterocycles. The lowest BCUT2D eigenvalue weighted by Gasteiger charge is -2.10. The third-order valence-corrected chi connectivity index (χ3v) is 4.01. The monoisotopic (exact) mass is 281 g/mol. The van der Waals surface area contributed by atoms with Gasteiger partial charge in [0.25, 0.3) is 0 Å². The molecule has 110 valence electrons. The van der Waals surface area contributed by atoms with Gasteiger partial charge in [-0.3, -0.25) is 0 Å². The third kappa shape index (κ3) is 3.48. The van der Waals surface area contributed by atoms with Crippen LogP contribution in [-0.4, -0.2) is 16.5 Å². The average Bonchev–Trinajstić information content (AvgIpc) is 2.91. The van der Waals surface area contributed by atoms with Crippen LogP contribution < -0.4 is 5.32 Å². The van der Waals surface area contributed by atoms with Crippen LogP contribution in [0, 0.1) is 5.92 Å². The molecule has 0 atom stereocenters. The summed E-state index contributed by atoms with van der Waals surface area (Å²) in [5.41, 5.74) is 4.00. The first-order chi connectivity index (χ1) is 10.2. The summed E-state index contributed by atoms with van der Waals surface area (Å²) in [6.07, 6.45) is 4.04. The minimum atomic E-state index is 0.437. The molecule has 2 aromatic rings. The quantitative estimate of drug-likeness (QED) is 0.915. The number of aromatic nitrogens is 2. The minimum absolute atomic E-state index is 0.437. The molecule has 3 nitrogen and oxygen atoms in total. The first-order valence-electron chi connectivity index (χ1n) is 7.81. The predicted molar refractivity (Wildman–Crippen MR) is 85.2 cm³/mol. The Hall–Kier alpha value is -1.74. The van der Waals surface area contributed by atoms with Crippen LogP contribution in [0.15, 0.2) is 36.5 Å². The van der Waals surface area contributed by atoms with E-state index in [2.05, 4.69) is 48.4 Å². The summed E-state index contributed by atoms with van der Waals surface area (Å²) >= 11 is 0. The van der Waals surface area contributed by atoms with Gasteiger partial charge in [0, 0.05) is 18.7 Å². The molecule has 0 saturated carbocycles. The van der Waals surface area contributed by atoms with Gasteiger partial charge < -0.3 is 5.32 Å². The van der Waals surface area contributed by atoms with Crippen molar-refractivity contribution < 1.29 is 0 Å². The summed E-state index contributed by atoms with van der Waals surface area (Å²) in [6, 6.07) is 10.7. The Kier molecular flexibility index (Phi) is 4.30. The van der Waals surface area contributed by atoms with Crippen LogP contribution in [0.4, 0.5) is 0 Å². The number of nitrogens with one attached hydrogen (secondary N) is 1. The average molecular weight is 281 g/mol. The zero-order valence-electron chi connectivity index (χ0n) is 12.8. The van der Waals surface area contributed by atoms with E-state index in [1.807, 2.05) is 12.3 Å². The van der Waals surface area contributed by atoms with Gasteiger partial charge in [-0.15, -0.1) is 0 Å². The van der Waals surface area contributed by atoms with E-state index in [1.165, 1.54) is 11.1 Å². The topological polar surface area (TPSA) is 37.8 Å². The summed E-state index contributed by atoms with van der Waals surface area (Å²) in [6.45, 7) is 6.28. The molecule has 21 heavy (non-hydrogen) atoms. The number of hydrogen-bond donors (Lipinski definition) is 1. The lowest BCUT2D eigenvalue weighted by molar-refractivity contribution is 0.545. The van der Waals surface area contributed by atoms with Crippen molar-refractivity contribution in [2.45, 2.75) is 39.2 Å². The van der Waals surface area contributed by atoms with Gasteiger partial charge in [0.15, 0.2) is 0 Å². The van der Waals surface area contributed by atoms with Crippen LogP contribution in [0.5, 0.6) is 0 Å². The molecule has 0 amide bonds. The molecular formula is C18H23N3. The summed E-state index contributed by atoms with van der Waals surface area (Å²) in [7, 11) is 0. The van der Waals surface area contributed by atoms with Crippen molar-refractivity contribution in [2.24, 2.45) is 5.92 Å². The van der Waals surface area contributed by atoms with E-state index in [0.29, 0.717) is 11.8 Å². The van der Waals surface area contributed by atoms with Crippen molar-refractivity contribution in [2.75, 3.05) is 6.54 Å². The van der Waals surface area contributed by atoms with E-state index in [1.54, 1.807) is 0 Å². The number of benzene rings is 1. The Morgan fingerprint density at radius 3 is 2.52 bits per heavy atom. The molecule has 0 radical (unpaired) electrons. The van der Waals surface area contributed by atoms with E-state index in [-0.39, 0.29) is 0 Å². The number of fused-ring (bicyclic) bond motifs is 1. The van der Waals surface area contributed by atoms with Crippen molar-refractivity contribution in [3.63, 3.8) is 0 Å². The smallest absolute Gasteiger partial charge is 0.132 e. The molecule has 0 bridgehead atoms. The van der Waals surface area contributed by atoms with Crippen LogP contribution in [-0.2, 0) is 19.4 Å². The first kappa shape index (κ1) is 14.2. The van der Waals surface area contributed by atoms with E-state index >= 15 is 0 Å². The second-order valence-electron chi connectivity index (χ2n) is 6.30. The number of hydrogen-bond acceptors (Lipinski definition) is 3. The van der Waals surface area contributed by atoms with Crippen molar-refractivity contribution >= 4 is 0 Å². The fraction of sp³-hybridized carbons (Fsp3) is 0.444. The van der Waals surface area contributed by atoms with E-state index in [9.17, 15) is 0 Å². The third-order valence-electron chi connectivity index (χ3n) is 4.01. The van der Waals surface area contributed by atoms with Gasteiger partial charge in [-0.05, 0) is 42.5 Å². The first-order valence-corrected chi connectivity index (χ1v) is 7.81. The molecule has 1 N–H and O–H groups in total. The van der Waals surface area contributed by atoms with Crippen molar-refractivity contribution in [3.05, 3.63) is 59.2 Å². The number of rotatable bonds is 5. The Bertz CT molecular complexity index is 582. The molecule has 3 rings (SSSR count). The van der Waals surface area contributed by atoms with Gasteiger partial charge in [-0.2, -0.15) is 0 Å². The molecular weight excluding hydrogens is 258 g/mol. The molecule has 1 aromatic heterocycles. The normalized spacial score (nSPS) is 14.6. The number of nitrogens with zero attached hydrogens (tertiary/aromatic N) is 2. The van der Waals surface area contributed by atoms with Gasteiger partial charge in [-0.1, -0.05) is 38.1 Å². The summed E-state index contributed by atoms with van der Waals surface area (Å²) in [5.74, 6) is 2.10. The molecule has 0 spiro atoms. The fourth-order valence-corrected chi connectivity index (χ4v) is 2.94. The highest BCUT2D eigenvalue weighted by atomic mass is 14.9. The van der Waals surface area contributed by atoms with Gasteiger partial charge in [0.1, 0.15) is 5.82 Å². The predicted octanol–water partition coefficient (Wildman–Crippen LogP) is 3.10. The minimum Gasteiger partial charge on any atom is -0.311 e. The lowest BCUT2D eigenvalue weighted by atomic mass is 10.1. The maximum Gasteiger partial charge on any atom is 0.132 e. The lowest BCUT2D eigenvalue weighted by Crippen LogP contribution is -2.20. The summed E-state index contributed by atoms with van der Waals surface area (Å²) in [5, 5.41) is 3.45. The highest BCUT2D eigenvalue weighted by molar-refractivity contribution is 5.35. The van der Waals surface area contributed by atoms with E-state index in [0.717, 1.165) is 37.4 Å². The fourth-order valence-electron chi connectivity index (χ4n) is 2.94. The largest absolute Gasteiger partial charge is 0.311 e. The summed E-state index contributed by atoms with van der Waals surface area (Å²) < 4.78 is 0. The second kappa shape index (κ2) is 6.35. The van der Waals surface area contributed by atoms with E-state index in [4.69, 9.17) is 4.98 Å². The molecule has 0 fully saturated rings. The van der Waals surface area contributed by atoms with Crippen molar-refractivity contribution in [1.82, 2.24) is 15.3 Å². The van der Waals surface area contributed by atoms with Crippen LogP contribution >= 0.6 is 0 Å². The van der Waals surface area contributed by atoms with Gasteiger partial charge in [0.2, 0.25) is 0 Å². The maximum atomic E-state index is 4.76. The highest BCUT2D eigenvalue weighted by Gasteiger charge is 2.24. The molecule has 1 aliphatic carbocycles. The molecule has 1 aromatic carbocycles. The molecule has 1 aliphatic rings. The Morgan fingerprint density at radius 2 is 1.86 bits per heavy atom. The zero-order valence-corrected chi connectivity index (χ0v) is 12.8. The van der Waals surface area contributed by atoms with Gasteiger partial charge in [0.05, 0.1) is 5.69 Å². The molecule has 3 heteroatoms. The van der Waals surface area contributed by atoms with Crippen LogP contribution in [0.25, 0.3) is 0 Å². The van der Waals surface area contributed by atoms with Gasteiger partial charge >= 0.3 is 0 Å². The van der Waals surface area contributed by atoms with Crippen LogP contribution in [0.1, 0.15) is 42.4 Å². The van der Waals surface area contributed by atoms with Crippen molar-refractivity contribution in [1.29, 1.82) is 0 Å². The highest BCUT2D eigenvalue weighted by Crippen LogP contribution is 2.31. The SMILES string of the molecule is CC(C)CNCc1ccnc(C2Cc3ccccc3C2)n1. The maximum absolute atomic E-state index is 4.76. The Balaban J connectivity index is 1.67.